The molecule has 1 aromatic heterocycles. The molecule has 1 fully saturated rings. The molecule has 1 aliphatic rings. The van der Waals surface area contributed by atoms with Gasteiger partial charge in [0.05, 0.1) is 18.4 Å². The summed E-state index contributed by atoms with van der Waals surface area (Å²) in [6.45, 7) is 1.08. The number of aliphatic hydroxyl groups is 2. The van der Waals surface area contributed by atoms with Crippen LogP contribution in [0.1, 0.15) is 34.6 Å². The zero-order chi connectivity index (χ0) is 17.6. The van der Waals surface area contributed by atoms with E-state index in [4.69, 9.17) is 5.11 Å². The van der Waals surface area contributed by atoms with Crippen molar-refractivity contribution in [1.82, 2.24) is 9.88 Å². The number of nitrogens with zero attached hydrogens (tertiary/aromatic N) is 2. The summed E-state index contributed by atoms with van der Waals surface area (Å²) in [6, 6.07) is 15.1. The highest BCUT2D eigenvalue weighted by molar-refractivity contribution is 5.92. The van der Waals surface area contributed by atoms with Crippen LogP contribution in [0.3, 0.4) is 0 Å². The average Bonchev–Trinajstić information content (AvgIpc) is 2.68. The zero-order valence-corrected chi connectivity index (χ0v) is 14.2. The van der Waals surface area contributed by atoms with Gasteiger partial charge in [-0.25, -0.2) is 4.98 Å². The Balaban J connectivity index is 1.55. The van der Waals surface area contributed by atoms with Gasteiger partial charge < -0.3 is 15.1 Å². The number of hydrogen-bond acceptors (Lipinski definition) is 4. The summed E-state index contributed by atoms with van der Waals surface area (Å²) in [5.74, 6) is 0.104. The highest BCUT2D eigenvalue weighted by Gasteiger charge is 2.28. The standard InChI is InChI=1S/C20H24N2O3/c23-14-17-7-4-8-18(21-17)20(25)22-11-9-16(10-12-22)19(24)13-15-5-2-1-3-6-15/h1-8,16,19,23-24H,9-14H2/t19-/m0/s1. The van der Waals surface area contributed by atoms with Gasteiger partial charge in [-0.3, -0.25) is 4.79 Å². The first-order valence-corrected chi connectivity index (χ1v) is 8.75. The Morgan fingerprint density at radius 3 is 2.52 bits per heavy atom. The number of benzene rings is 1. The first-order chi connectivity index (χ1) is 12.2. The number of carbonyl (C=O) groups excluding carboxylic acids is 1. The van der Waals surface area contributed by atoms with Crippen LogP contribution in [-0.4, -0.2) is 45.2 Å². The van der Waals surface area contributed by atoms with Gasteiger partial charge >= 0.3 is 0 Å². The summed E-state index contributed by atoms with van der Waals surface area (Å²) in [6.07, 6.45) is 1.86. The van der Waals surface area contributed by atoms with Crippen molar-refractivity contribution in [2.75, 3.05) is 13.1 Å². The Kier molecular flexibility index (Phi) is 5.79. The molecule has 0 unspecified atom stereocenters. The molecule has 2 N–H and O–H groups in total. The van der Waals surface area contributed by atoms with E-state index < -0.39 is 0 Å². The SMILES string of the molecule is O=C(c1cccc(CO)n1)N1CCC([C@@H](O)Cc2ccccc2)CC1. The van der Waals surface area contributed by atoms with Crippen LogP contribution in [-0.2, 0) is 13.0 Å². The molecule has 25 heavy (non-hydrogen) atoms. The van der Waals surface area contributed by atoms with Gasteiger partial charge in [0.1, 0.15) is 5.69 Å². The molecule has 132 valence electrons. The average molecular weight is 340 g/mol. The largest absolute Gasteiger partial charge is 0.392 e. The van der Waals surface area contributed by atoms with E-state index in [-0.39, 0.29) is 24.5 Å². The quantitative estimate of drug-likeness (QED) is 0.873. The molecule has 5 heteroatoms. The van der Waals surface area contributed by atoms with Gasteiger partial charge in [-0.1, -0.05) is 36.4 Å². The molecule has 0 saturated carbocycles. The van der Waals surface area contributed by atoms with E-state index in [1.165, 1.54) is 0 Å². The third kappa shape index (κ3) is 4.44. The summed E-state index contributed by atoms with van der Waals surface area (Å²) in [5, 5.41) is 19.6. The van der Waals surface area contributed by atoms with E-state index >= 15 is 0 Å². The van der Waals surface area contributed by atoms with Crippen molar-refractivity contribution >= 4 is 5.91 Å². The van der Waals surface area contributed by atoms with E-state index in [0.29, 0.717) is 30.9 Å². The Morgan fingerprint density at radius 2 is 1.84 bits per heavy atom. The number of likely N-dealkylation sites (tertiary alicyclic amines) is 1. The Morgan fingerprint density at radius 1 is 1.12 bits per heavy atom. The van der Waals surface area contributed by atoms with Gasteiger partial charge in [-0.15, -0.1) is 0 Å². The van der Waals surface area contributed by atoms with E-state index in [1.54, 1.807) is 23.1 Å². The van der Waals surface area contributed by atoms with Crippen LogP contribution < -0.4 is 0 Å². The molecule has 0 aliphatic carbocycles. The van der Waals surface area contributed by atoms with Crippen molar-refractivity contribution in [3.05, 3.63) is 65.5 Å². The predicted octanol–water partition coefficient (Wildman–Crippen LogP) is 2.03. The summed E-state index contributed by atoms with van der Waals surface area (Å²) in [5.41, 5.74) is 2.01. The molecule has 0 spiro atoms. The second-order valence-electron chi connectivity index (χ2n) is 6.56. The van der Waals surface area contributed by atoms with Crippen LogP contribution in [0.4, 0.5) is 0 Å². The number of carbonyl (C=O) groups is 1. The molecule has 1 amide bonds. The molecule has 1 atom stereocenters. The fourth-order valence-corrected chi connectivity index (χ4v) is 3.36. The van der Waals surface area contributed by atoms with Crippen LogP contribution in [0.5, 0.6) is 0 Å². The fraction of sp³-hybridized carbons (Fsp3) is 0.400. The summed E-state index contributed by atoms with van der Waals surface area (Å²) in [7, 11) is 0. The second-order valence-corrected chi connectivity index (χ2v) is 6.56. The molecule has 5 nitrogen and oxygen atoms in total. The minimum absolute atomic E-state index is 0.105. The zero-order valence-electron chi connectivity index (χ0n) is 14.2. The highest BCUT2D eigenvalue weighted by atomic mass is 16.3. The molecular weight excluding hydrogens is 316 g/mol. The van der Waals surface area contributed by atoms with E-state index in [0.717, 1.165) is 18.4 Å². The van der Waals surface area contributed by atoms with Gasteiger partial charge in [0.25, 0.3) is 5.91 Å². The number of hydrogen-bond donors (Lipinski definition) is 2. The molecule has 1 aliphatic heterocycles. The minimum atomic E-state index is -0.379. The van der Waals surface area contributed by atoms with Gasteiger partial charge in [0.2, 0.25) is 0 Å². The van der Waals surface area contributed by atoms with Gasteiger partial charge in [-0.05, 0) is 42.9 Å². The van der Waals surface area contributed by atoms with Crippen LogP contribution in [0.15, 0.2) is 48.5 Å². The molecule has 0 radical (unpaired) electrons. The van der Waals surface area contributed by atoms with Crippen molar-refractivity contribution in [3.63, 3.8) is 0 Å². The van der Waals surface area contributed by atoms with Crippen LogP contribution in [0.2, 0.25) is 0 Å². The van der Waals surface area contributed by atoms with E-state index in [2.05, 4.69) is 4.98 Å². The Labute approximate surface area is 147 Å². The Bertz CT molecular complexity index is 697. The summed E-state index contributed by atoms with van der Waals surface area (Å²) >= 11 is 0. The molecule has 2 heterocycles. The smallest absolute Gasteiger partial charge is 0.272 e. The Hall–Kier alpha value is -2.24. The van der Waals surface area contributed by atoms with Crippen LogP contribution >= 0.6 is 0 Å². The fourth-order valence-electron chi connectivity index (χ4n) is 3.36. The van der Waals surface area contributed by atoms with Crippen molar-refractivity contribution < 1.29 is 15.0 Å². The van der Waals surface area contributed by atoms with Gasteiger partial charge in [0.15, 0.2) is 0 Å². The topological polar surface area (TPSA) is 73.7 Å². The van der Waals surface area contributed by atoms with Crippen molar-refractivity contribution in [2.45, 2.75) is 32.0 Å². The van der Waals surface area contributed by atoms with Gasteiger partial charge in [0, 0.05) is 13.1 Å². The molecule has 2 aromatic rings. The second kappa shape index (κ2) is 8.23. The van der Waals surface area contributed by atoms with Crippen LogP contribution in [0, 0.1) is 5.92 Å². The normalized spacial score (nSPS) is 16.6. The first kappa shape index (κ1) is 17.6. The van der Waals surface area contributed by atoms with E-state index in [1.807, 2.05) is 30.3 Å². The van der Waals surface area contributed by atoms with Crippen molar-refractivity contribution in [2.24, 2.45) is 5.92 Å². The molecule has 3 rings (SSSR count). The summed E-state index contributed by atoms with van der Waals surface area (Å²) in [4.78, 5) is 18.5. The van der Waals surface area contributed by atoms with Gasteiger partial charge in [-0.2, -0.15) is 0 Å². The lowest BCUT2D eigenvalue weighted by molar-refractivity contribution is 0.0463. The first-order valence-electron chi connectivity index (χ1n) is 8.75. The highest BCUT2D eigenvalue weighted by Crippen LogP contribution is 2.24. The maximum atomic E-state index is 12.6. The molecule has 1 saturated heterocycles. The summed E-state index contributed by atoms with van der Waals surface area (Å²) < 4.78 is 0. The van der Waals surface area contributed by atoms with Crippen molar-refractivity contribution in [3.8, 4) is 0 Å². The number of amides is 1. The number of piperidine rings is 1. The maximum absolute atomic E-state index is 12.6. The van der Waals surface area contributed by atoms with Crippen LogP contribution in [0.25, 0.3) is 0 Å². The predicted molar refractivity (Wildman–Crippen MR) is 94.9 cm³/mol. The van der Waals surface area contributed by atoms with Crippen molar-refractivity contribution in [1.29, 1.82) is 0 Å². The maximum Gasteiger partial charge on any atom is 0.272 e. The number of pyridine rings is 1. The molecular formula is C20H24N2O3. The minimum Gasteiger partial charge on any atom is -0.392 e. The molecule has 0 bridgehead atoms. The third-order valence-electron chi connectivity index (χ3n) is 4.85. The van der Waals surface area contributed by atoms with E-state index in [9.17, 15) is 9.90 Å². The lowest BCUT2D eigenvalue weighted by Crippen LogP contribution is -2.42. The lowest BCUT2D eigenvalue weighted by atomic mass is 9.88. The monoisotopic (exact) mass is 340 g/mol. The third-order valence-corrected chi connectivity index (χ3v) is 4.85. The molecule has 1 aromatic carbocycles. The number of aliphatic hydroxyl groups excluding tert-OH is 2. The number of aromatic nitrogens is 1. The number of rotatable bonds is 5. The lowest BCUT2D eigenvalue weighted by Gasteiger charge is -2.34.